The summed E-state index contributed by atoms with van der Waals surface area (Å²) in [6, 6.07) is 19.1. The number of fused-ring (bicyclic) bond motifs is 1. The maximum Gasteiger partial charge on any atom is 0.416 e. The fourth-order valence-electron chi connectivity index (χ4n) is 2.57. The van der Waals surface area contributed by atoms with Gasteiger partial charge in [0.2, 0.25) is 6.17 Å². The molecule has 0 saturated carbocycles. The summed E-state index contributed by atoms with van der Waals surface area (Å²) in [4.78, 5) is 18.0. The smallest absolute Gasteiger partial charge is 0.416 e. The predicted molar refractivity (Wildman–Crippen MR) is 87.4 cm³/mol. The maximum atomic E-state index is 12.3. The number of para-hydroxylation sites is 1. The van der Waals surface area contributed by atoms with Gasteiger partial charge in [-0.25, -0.2) is 14.7 Å². The van der Waals surface area contributed by atoms with Crippen LogP contribution in [0.2, 0.25) is 0 Å². The molecule has 0 fully saturated rings. The van der Waals surface area contributed by atoms with Crippen LogP contribution >= 0.6 is 0 Å². The molecule has 23 heavy (non-hydrogen) atoms. The Kier molecular flexibility index (Phi) is 4.07. The lowest BCUT2D eigenvalue weighted by Gasteiger charge is -2.31. The number of carbonyl (C=O) groups excluding carboxylic acids is 1. The number of carbonyl (C=O) groups is 1. The molecule has 2 aromatic rings. The molecule has 0 N–H and O–H groups in total. The number of aliphatic imine (C=N–C) groups is 1. The molecule has 1 aliphatic heterocycles. The normalized spacial score (nSPS) is 16.1. The van der Waals surface area contributed by atoms with Crippen molar-refractivity contribution in [1.29, 1.82) is 5.26 Å². The topological polar surface area (TPSA) is 65.7 Å². The van der Waals surface area contributed by atoms with E-state index in [1.54, 1.807) is 13.0 Å². The van der Waals surface area contributed by atoms with Crippen molar-refractivity contribution in [3.05, 3.63) is 65.7 Å². The number of rotatable bonds is 2. The number of nitrogens with zero attached hydrogens (tertiary/aromatic N) is 3. The van der Waals surface area contributed by atoms with Gasteiger partial charge in [-0.1, -0.05) is 48.5 Å². The van der Waals surface area contributed by atoms with Gasteiger partial charge in [0.1, 0.15) is 6.07 Å². The van der Waals surface area contributed by atoms with Crippen molar-refractivity contribution >= 4 is 17.5 Å². The summed E-state index contributed by atoms with van der Waals surface area (Å²) in [7, 11) is 0. The highest BCUT2D eigenvalue weighted by Gasteiger charge is 2.33. The van der Waals surface area contributed by atoms with Gasteiger partial charge in [-0.15, -0.1) is 0 Å². The van der Waals surface area contributed by atoms with E-state index in [9.17, 15) is 10.1 Å². The Morgan fingerprint density at radius 3 is 2.61 bits per heavy atom. The van der Waals surface area contributed by atoms with Crippen molar-refractivity contribution in [1.82, 2.24) is 0 Å². The minimum atomic E-state index is -0.945. The van der Waals surface area contributed by atoms with Crippen LogP contribution in [0.4, 0.5) is 10.5 Å². The van der Waals surface area contributed by atoms with Crippen molar-refractivity contribution in [3.8, 4) is 6.07 Å². The van der Waals surface area contributed by atoms with E-state index < -0.39 is 12.3 Å². The summed E-state index contributed by atoms with van der Waals surface area (Å²) in [6.07, 6.45) is -1.51. The zero-order valence-electron chi connectivity index (χ0n) is 12.6. The van der Waals surface area contributed by atoms with E-state index in [1.807, 2.05) is 48.5 Å². The summed E-state index contributed by atoms with van der Waals surface area (Å²) in [5.41, 5.74) is 3.04. The minimum absolute atomic E-state index is 0.241. The predicted octanol–water partition coefficient (Wildman–Crippen LogP) is 3.35. The SMILES string of the molecule is CCOC(=O)N1c2ccccc2C(c2ccccc2)=N[C@H]1C#N. The lowest BCUT2D eigenvalue weighted by atomic mass is 9.98. The molecule has 5 nitrogen and oxygen atoms in total. The molecule has 1 heterocycles. The molecular weight excluding hydrogens is 290 g/mol. The van der Waals surface area contributed by atoms with E-state index >= 15 is 0 Å². The minimum Gasteiger partial charge on any atom is -0.449 e. The maximum absolute atomic E-state index is 12.3. The van der Waals surface area contributed by atoms with Crippen LogP contribution in [0.25, 0.3) is 0 Å². The van der Waals surface area contributed by atoms with Gasteiger partial charge >= 0.3 is 6.09 Å². The van der Waals surface area contributed by atoms with Gasteiger partial charge < -0.3 is 4.74 Å². The number of amides is 1. The second-order valence-electron chi connectivity index (χ2n) is 4.93. The van der Waals surface area contributed by atoms with Crippen LogP contribution < -0.4 is 4.90 Å². The monoisotopic (exact) mass is 305 g/mol. The number of anilines is 1. The van der Waals surface area contributed by atoms with E-state index in [0.717, 1.165) is 11.1 Å². The number of hydrogen-bond donors (Lipinski definition) is 0. The molecule has 0 radical (unpaired) electrons. The Labute approximate surface area is 134 Å². The highest BCUT2D eigenvalue weighted by Crippen LogP contribution is 2.31. The summed E-state index contributed by atoms with van der Waals surface area (Å²) in [6.45, 7) is 1.97. The van der Waals surface area contributed by atoms with Crippen LogP contribution in [0.5, 0.6) is 0 Å². The van der Waals surface area contributed by atoms with Crippen LogP contribution in [0.1, 0.15) is 18.1 Å². The van der Waals surface area contributed by atoms with E-state index in [1.165, 1.54) is 4.90 Å². The zero-order valence-corrected chi connectivity index (χ0v) is 12.6. The molecule has 3 rings (SSSR count). The average molecular weight is 305 g/mol. The molecule has 0 aliphatic carbocycles. The quantitative estimate of drug-likeness (QED) is 0.854. The molecule has 0 spiro atoms. The Morgan fingerprint density at radius 1 is 1.22 bits per heavy atom. The number of benzene rings is 2. The lowest BCUT2D eigenvalue weighted by molar-refractivity contribution is 0.158. The third-order valence-electron chi connectivity index (χ3n) is 3.54. The molecule has 1 atom stereocenters. The standard InChI is InChI=1S/C18H15N3O2/c1-2-23-18(22)21-15-11-7-6-10-14(15)17(20-16(21)12-19)13-8-4-3-5-9-13/h3-11,16H,2H2,1H3/t16-/m1/s1. The third-order valence-corrected chi connectivity index (χ3v) is 3.54. The van der Waals surface area contributed by atoms with Gasteiger partial charge in [-0.2, -0.15) is 5.26 Å². The molecule has 0 unspecified atom stereocenters. The molecule has 114 valence electrons. The first kappa shape index (κ1) is 14.8. The van der Waals surface area contributed by atoms with E-state index in [4.69, 9.17) is 4.74 Å². The molecule has 5 heteroatoms. The van der Waals surface area contributed by atoms with E-state index in [2.05, 4.69) is 11.1 Å². The third kappa shape index (κ3) is 2.67. The van der Waals surface area contributed by atoms with Crippen molar-refractivity contribution in [2.45, 2.75) is 13.1 Å². The Bertz CT molecular complexity index is 793. The first-order valence-corrected chi connectivity index (χ1v) is 7.34. The zero-order chi connectivity index (χ0) is 16.2. The molecule has 0 saturated heterocycles. The van der Waals surface area contributed by atoms with Crippen molar-refractivity contribution in [2.75, 3.05) is 11.5 Å². The van der Waals surface area contributed by atoms with Crippen LogP contribution in [0, 0.1) is 11.3 Å². The molecule has 2 aromatic carbocycles. The second-order valence-corrected chi connectivity index (χ2v) is 4.93. The molecular formula is C18H15N3O2. The van der Waals surface area contributed by atoms with Crippen LogP contribution in [0.15, 0.2) is 59.6 Å². The summed E-state index contributed by atoms with van der Waals surface area (Å²) < 4.78 is 5.08. The Morgan fingerprint density at radius 2 is 1.91 bits per heavy atom. The first-order valence-electron chi connectivity index (χ1n) is 7.34. The fraction of sp³-hybridized carbons (Fsp3) is 0.167. The average Bonchev–Trinajstić information content (AvgIpc) is 2.61. The highest BCUT2D eigenvalue weighted by molar-refractivity contribution is 6.18. The summed E-state index contributed by atoms with van der Waals surface area (Å²) >= 11 is 0. The van der Waals surface area contributed by atoms with Gasteiger partial charge in [0.15, 0.2) is 0 Å². The van der Waals surface area contributed by atoms with Crippen molar-refractivity contribution in [2.24, 2.45) is 4.99 Å². The molecule has 1 aliphatic rings. The second kappa shape index (κ2) is 6.32. The van der Waals surface area contributed by atoms with Gasteiger partial charge in [-0.05, 0) is 13.0 Å². The van der Waals surface area contributed by atoms with E-state index in [0.29, 0.717) is 11.4 Å². The van der Waals surface area contributed by atoms with Crippen molar-refractivity contribution in [3.63, 3.8) is 0 Å². The molecule has 0 aromatic heterocycles. The Hall–Kier alpha value is -3.13. The summed E-state index contributed by atoms with van der Waals surface area (Å²) in [5.74, 6) is 0. The van der Waals surface area contributed by atoms with Gasteiger partial charge in [-0.3, -0.25) is 0 Å². The lowest BCUT2D eigenvalue weighted by Crippen LogP contribution is -2.43. The van der Waals surface area contributed by atoms with E-state index in [-0.39, 0.29) is 6.61 Å². The van der Waals surface area contributed by atoms with Crippen molar-refractivity contribution < 1.29 is 9.53 Å². The van der Waals surface area contributed by atoms with Crippen LogP contribution in [-0.2, 0) is 4.74 Å². The molecule has 1 amide bonds. The number of nitriles is 1. The van der Waals surface area contributed by atoms with Gasteiger partial charge in [0.05, 0.1) is 18.0 Å². The largest absolute Gasteiger partial charge is 0.449 e. The summed E-state index contributed by atoms with van der Waals surface area (Å²) in [5, 5.41) is 9.46. The number of ether oxygens (including phenoxy) is 1. The molecule has 0 bridgehead atoms. The Balaban J connectivity index is 2.15. The van der Waals surface area contributed by atoms with Crippen LogP contribution in [-0.4, -0.2) is 24.6 Å². The van der Waals surface area contributed by atoms with Gasteiger partial charge in [0.25, 0.3) is 0 Å². The number of hydrogen-bond acceptors (Lipinski definition) is 4. The van der Waals surface area contributed by atoms with Crippen LogP contribution in [0.3, 0.4) is 0 Å². The van der Waals surface area contributed by atoms with Gasteiger partial charge in [0, 0.05) is 11.1 Å². The fourth-order valence-corrected chi connectivity index (χ4v) is 2.57. The first-order chi connectivity index (χ1) is 11.3. The highest BCUT2D eigenvalue weighted by atomic mass is 16.6.